The number of rotatable bonds is 6. The van der Waals surface area contributed by atoms with Crippen molar-refractivity contribution in [2.75, 3.05) is 0 Å². The van der Waals surface area contributed by atoms with Gasteiger partial charge in [-0.3, -0.25) is 0 Å². The molecule has 3 aromatic rings. The lowest BCUT2D eigenvalue weighted by Gasteiger charge is -2.02. The minimum Gasteiger partial charge on any atom is -0.484 e. The highest BCUT2D eigenvalue weighted by atomic mass is 79.9. The van der Waals surface area contributed by atoms with E-state index in [1.54, 1.807) is 24.3 Å². The summed E-state index contributed by atoms with van der Waals surface area (Å²) < 4.78 is 12.2. The van der Waals surface area contributed by atoms with Crippen LogP contribution in [0.25, 0.3) is 0 Å². The molecule has 3 rings (SSSR count). The van der Waals surface area contributed by atoms with Crippen LogP contribution in [0.1, 0.15) is 11.5 Å². The van der Waals surface area contributed by atoms with Crippen LogP contribution in [0, 0.1) is 0 Å². The summed E-state index contributed by atoms with van der Waals surface area (Å²) in [6.07, 6.45) is 0. The van der Waals surface area contributed by atoms with Gasteiger partial charge < -0.3 is 9.15 Å². The van der Waals surface area contributed by atoms with Gasteiger partial charge in [-0.15, -0.1) is 10.2 Å². The van der Waals surface area contributed by atoms with E-state index in [9.17, 15) is 0 Å². The Kier molecular flexibility index (Phi) is 5.59. The molecule has 0 aliphatic rings. The van der Waals surface area contributed by atoms with Gasteiger partial charge in [0.05, 0.1) is 0 Å². The predicted molar refractivity (Wildman–Crippen MR) is 93.8 cm³/mol. The molecule has 7 heteroatoms. The molecule has 0 amide bonds. The Morgan fingerprint density at radius 3 is 2.52 bits per heavy atom. The number of benzene rings is 2. The second-order valence-corrected chi connectivity index (χ2v) is 6.90. The molecule has 0 unspecified atom stereocenters. The maximum absolute atomic E-state index is 5.82. The zero-order chi connectivity index (χ0) is 16.1. The molecule has 0 bridgehead atoms. The molecule has 118 valence electrons. The van der Waals surface area contributed by atoms with Gasteiger partial charge in [-0.1, -0.05) is 51.4 Å². The Morgan fingerprint density at radius 1 is 1.04 bits per heavy atom. The molecule has 0 spiro atoms. The summed E-state index contributed by atoms with van der Waals surface area (Å²) in [4.78, 5) is 0. The van der Waals surface area contributed by atoms with Crippen molar-refractivity contribution in [3.8, 4) is 5.75 Å². The van der Waals surface area contributed by atoms with Crippen LogP contribution in [-0.2, 0) is 12.4 Å². The molecular formula is C16H12BrClN2O2S. The first-order chi connectivity index (χ1) is 11.2. The summed E-state index contributed by atoms with van der Waals surface area (Å²) in [7, 11) is 0. The molecule has 0 saturated carbocycles. The highest BCUT2D eigenvalue weighted by molar-refractivity contribution is 9.10. The van der Waals surface area contributed by atoms with Crippen LogP contribution in [0.4, 0.5) is 0 Å². The monoisotopic (exact) mass is 410 g/mol. The molecule has 1 heterocycles. The van der Waals surface area contributed by atoms with Crippen LogP contribution in [0.5, 0.6) is 5.75 Å². The van der Waals surface area contributed by atoms with Gasteiger partial charge in [-0.25, -0.2) is 0 Å². The Bertz CT molecular complexity index is 699. The van der Waals surface area contributed by atoms with Crippen LogP contribution in [0.3, 0.4) is 0 Å². The molecule has 23 heavy (non-hydrogen) atoms. The van der Waals surface area contributed by atoms with Crippen molar-refractivity contribution < 1.29 is 9.15 Å². The number of hydrogen-bond acceptors (Lipinski definition) is 5. The topological polar surface area (TPSA) is 48.2 Å². The molecule has 1 aromatic heterocycles. The number of thioether (sulfide) groups is 1. The molecular weight excluding hydrogens is 400 g/mol. The zero-order valence-electron chi connectivity index (χ0n) is 11.9. The summed E-state index contributed by atoms with van der Waals surface area (Å²) in [6, 6.07) is 15.2. The number of halogens is 2. The normalized spacial score (nSPS) is 10.7. The summed E-state index contributed by atoms with van der Waals surface area (Å²) in [5.74, 6) is 1.92. The fourth-order valence-corrected chi connectivity index (χ4v) is 2.88. The number of hydrogen-bond donors (Lipinski definition) is 0. The van der Waals surface area contributed by atoms with E-state index >= 15 is 0 Å². The van der Waals surface area contributed by atoms with Gasteiger partial charge in [0, 0.05) is 15.2 Å². The smallest absolute Gasteiger partial charge is 0.277 e. The lowest BCUT2D eigenvalue weighted by molar-refractivity contribution is 0.252. The molecule has 4 nitrogen and oxygen atoms in total. The maximum atomic E-state index is 5.82. The van der Waals surface area contributed by atoms with Crippen molar-refractivity contribution in [1.29, 1.82) is 0 Å². The largest absolute Gasteiger partial charge is 0.484 e. The SMILES string of the molecule is Clc1ccc(OCc2nnc(SCc3ccc(Br)cc3)o2)cc1. The quantitative estimate of drug-likeness (QED) is 0.511. The molecule has 0 radical (unpaired) electrons. The van der Waals surface area contributed by atoms with Gasteiger partial charge in [0.25, 0.3) is 11.1 Å². The Balaban J connectivity index is 1.51. The van der Waals surface area contributed by atoms with Gasteiger partial charge in [-0.2, -0.15) is 0 Å². The predicted octanol–water partition coefficient (Wildman–Crippen LogP) is 5.36. The van der Waals surface area contributed by atoms with E-state index in [0.717, 1.165) is 10.2 Å². The first-order valence-electron chi connectivity index (χ1n) is 6.77. The zero-order valence-corrected chi connectivity index (χ0v) is 15.1. The third-order valence-electron chi connectivity index (χ3n) is 2.90. The van der Waals surface area contributed by atoms with Crippen LogP contribution in [-0.4, -0.2) is 10.2 Å². The van der Waals surface area contributed by atoms with Crippen molar-refractivity contribution in [3.63, 3.8) is 0 Å². The number of aromatic nitrogens is 2. The molecule has 0 N–H and O–H groups in total. The van der Waals surface area contributed by atoms with E-state index in [4.69, 9.17) is 20.8 Å². The van der Waals surface area contributed by atoms with Crippen molar-refractivity contribution in [1.82, 2.24) is 10.2 Å². The second kappa shape index (κ2) is 7.86. The minimum atomic E-state index is 0.230. The van der Waals surface area contributed by atoms with E-state index < -0.39 is 0 Å². The lowest BCUT2D eigenvalue weighted by atomic mass is 10.2. The highest BCUT2D eigenvalue weighted by Crippen LogP contribution is 2.23. The van der Waals surface area contributed by atoms with Crippen molar-refractivity contribution in [3.05, 3.63) is 69.5 Å². The Hall–Kier alpha value is -1.50. The van der Waals surface area contributed by atoms with Gasteiger partial charge in [-0.05, 0) is 42.0 Å². The van der Waals surface area contributed by atoms with Crippen LogP contribution < -0.4 is 4.74 Å². The van der Waals surface area contributed by atoms with Crippen molar-refractivity contribution in [2.24, 2.45) is 0 Å². The molecule has 0 saturated heterocycles. The minimum absolute atomic E-state index is 0.230. The van der Waals surface area contributed by atoms with E-state index in [0.29, 0.717) is 21.9 Å². The van der Waals surface area contributed by atoms with Gasteiger partial charge >= 0.3 is 0 Å². The number of nitrogens with zero attached hydrogens (tertiary/aromatic N) is 2. The Labute approximate surface area is 151 Å². The van der Waals surface area contributed by atoms with Crippen molar-refractivity contribution in [2.45, 2.75) is 17.6 Å². The van der Waals surface area contributed by atoms with Crippen LogP contribution in [0.15, 0.2) is 62.6 Å². The molecule has 2 aromatic carbocycles. The molecule has 0 atom stereocenters. The van der Waals surface area contributed by atoms with Crippen LogP contribution >= 0.6 is 39.3 Å². The standard InChI is InChI=1S/C16H12BrClN2O2S/c17-12-3-1-11(2-4-12)10-23-16-20-19-15(22-16)9-21-14-7-5-13(18)6-8-14/h1-8H,9-10H2. The molecule has 0 fully saturated rings. The third-order valence-corrected chi connectivity index (χ3v) is 4.57. The highest BCUT2D eigenvalue weighted by Gasteiger charge is 2.08. The molecule has 0 aliphatic heterocycles. The van der Waals surface area contributed by atoms with E-state index in [1.807, 2.05) is 12.1 Å². The van der Waals surface area contributed by atoms with Crippen LogP contribution in [0.2, 0.25) is 5.02 Å². The van der Waals surface area contributed by atoms with E-state index in [2.05, 4.69) is 38.3 Å². The second-order valence-electron chi connectivity index (χ2n) is 4.62. The van der Waals surface area contributed by atoms with Gasteiger partial charge in [0.2, 0.25) is 0 Å². The molecule has 0 aliphatic carbocycles. The summed E-state index contributed by atoms with van der Waals surface area (Å²) >= 11 is 10.7. The van der Waals surface area contributed by atoms with E-state index in [-0.39, 0.29) is 6.61 Å². The third kappa shape index (κ3) is 4.99. The van der Waals surface area contributed by atoms with Crippen molar-refractivity contribution >= 4 is 39.3 Å². The fourth-order valence-electron chi connectivity index (χ4n) is 1.76. The van der Waals surface area contributed by atoms with Gasteiger partial charge in [0.1, 0.15) is 5.75 Å². The summed E-state index contributed by atoms with van der Waals surface area (Å²) in [5.41, 5.74) is 1.19. The Morgan fingerprint density at radius 2 is 1.78 bits per heavy atom. The summed E-state index contributed by atoms with van der Waals surface area (Å²) in [6.45, 7) is 0.230. The average Bonchev–Trinajstić information content (AvgIpc) is 3.02. The van der Waals surface area contributed by atoms with E-state index in [1.165, 1.54) is 17.3 Å². The lowest BCUT2D eigenvalue weighted by Crippen LogP contribution is -1.95. The number of ether oxygens (including phenoxy) is 1. The first-order valence-corrected chi connectivity index (χ1v) is 8.93. The average molecular weight is 412 g/mol. The fraction of sp³-hybridized carbons (Fsp3) is 0.125. The first kappa shape index (κ1) is 16.4. The van der Waals surface area contributed by atoms with Gasteiger partial charge in [0.15, 0.2) is 6.61 Å². The maximum Gasteiger partial charge on any atom is 0.277 e. The summed E-state index contributed by atoms with van der Waals surface area (Å²) in [5, 5.41) is 9.19.